The lowest BCUT2D eigenvalue weighted by atomic mass is 10.1. The molecule has 0 aliphatic heterocycles. The molecule has 0 spiro atoms. The lowest BCUT2D eigenvalue weighted by Gasteiger charge is -2.07. The summed E-state index contributed by atoms with van der Waals surface area (Å²) in [5, 5.41) is 11.2. The molecule has 2 aromatic rings. The highest BCUT2D eigenvalue weighted by Gasteiger charge is 2.25. The third-order valence-corrected chi connectivity index (χ3v) is 6.15. The van der Waals surface area contributed by atoms with E-state index in [-0.39, 0.29) is 11.3 Å². The zero-order valence-corrected chi connectivity index (χ0v) is 15.5. The number of aromatic nitrogens is 1. The van der Waals surface area contributed by atoms with Crippen LogP contribution in [0.4, 0.5) is 0 Å². The number of benzene rings is 1. The fourth-order valence-electron chi connectivity index (χ4n) is 2.04. The molecule has 1 atom stereocenters. The minimum atomic E-state index is -3.60. The van der Waals surface area contributed by atoms with Crippen LogP contribution >= 0.6 is 11.3 Å². The van der Waals surface area contributed by atoms with Gasteiger partial charge in [0.1, 0.15) is 5.01 Å². The molecule has 0 aliphatic rings. The maximum atomic E-state index is 12.1. The molecular weight excluding hydrogens is 376 g/mol. The van der Waals surface area contributed by atoms with Crippen LogP contribution in [-0.4, -0.2) is 37.5 Å². The average Bonchev–Trinajstić information content (AvgIpc) is 3.05. The van der Waals surface area contributed by atoms with Gasteiger partial charge in [-0.05, 0) is 19.1 Å². The summed E-state index contributed by atoms with van der Waals surface area (Å²) in [5.74, 6) is -2.93. The first kappa shape index (κ1) is 19.8. The highest BCUT2D eigenvalue weighted by Crippen LogP contribution is 2.20. The van der Waals surface area contributed by atoms with Gasteiger partial charge in [0, 0.05) is 11.1 Å². The van der Waals surface area contributed by atoms with Crippen molar-refractivity contribution >= 4 is 32.9 Å². The van der Waals surface area contributed by atoms with E-state index in [1.165, 1.54) is 23.5 Å². The van der Waals surface area contributed by atoms with Crippen molar-refractivity contribution in [1.29, 1.82) is 5.26 Å². The molecule has 1 aromatic carbocycles. The van der Waals surface area contributed by atoms with Gasteiger partial charge in [0.25, 0.3) is 0 Å². The number of carbonyl (C=O) groups excluding carboxylic acids is 2. The number of hydrogen-bond acceptors (Lipinski definition) is 8. The second-order valence-electron chi connectivity index (χ2n) is 5.40. The van der Waals surface area contributed by atoms with E-state index in [4.69, 9.17) is 10.00 Å². The minimum absolute atomic E-state index is 0.118. The number of nitriles is 1. The summed E-state index contributed by atoms with van der Waals surface area (Å²) in [5.41, 5.74) is 0.696. The first-order chi connectivity index (χ1) is 12.3. The van der Waals surface area contributed by atoms with Gasteiger partial charge >= 0.3 is 5.97 Å². The van der Waals surface area contributed by atoms with Crippen LogP contribution in [-0.2, 0) is 24.2 Å². The summed E-state index contributed by atoms with van der Waals surface area (Å²) in [6, 6.07) is 9.60. The van der Waals surface area contributed by atoms with Crippen molar-refractivity contribution < 1.29 is 22.7 Å². The Bertz CT molecular complexity index is 930. The Morgan fingerprint density at radius 2 is 2.00 bits per heavy atom. The maximum Gasteiger partial charge on any atom is 0.307 e. The second kappa shape index (κ2) is 8.69. The first-order valence-electron chi connectivity index (χ1n) is 7.61. The summed E-state index contributed by atoms with van der Waals surface area (Å²) in [6.45, 7) is 1.15. The molecule has 0 amide bonds. The molecule has 0 saturated heterocycles. The normalized spacial score (nSPS) is 12.2. The number of carbonyl (C=O) groups is 2. The lowest BCUT2D eigenvalue weighted by molar-refractivity contribution is -0.147. The average molecular weight is 392 g/mol. The van der Waals surface area contributed by atoms with Crippen LogP contribution in [0.15, 0.2) is 40.6 Å². The molecule has 1 aromatic heterocycles. The Hall–Kier alpha value is -2.57. The summed E-state index contributed by atoms with van der Waals surface area (Å²) < 4.78 is 29.0. The van der Waals surface area contributed by atoms with Gasteiger partial charge in [-0.1, -0.05) is 18.2 Å². The third-order valence-electron chi connectivity index (χ3n) is 3.39. The van der Waals surface area contributed by atoms with Crippen LogP contribution in [0.5, 0.6) is 0 Å². The number of hydrogen-bond donors (Lipinski definition) is 0. The lowest BCUT2D eigenvalue weighted by Crippen LogP contribution is -2.21. The van der Waals surface area contributed by atoms with Gasteiger partial charge in [-0.25, -0.2) is 13.4 Å². The predicted molar refractivity (Wildman–Crippen MR) is 94.3 cm³/mol. The Labute approximate surface area is 155 Å². The van der Waals surface area contributed by atoms with Gasteiger partial charge in [0.15, 0.2) is 28.1 Å². The van der Waals surface area contributed by atoms with Gasteiger partial charge < -0.3 is 4.74 Å². The van der Waals surface area contributed by atoms with Crippen molar-refractivity contribution in [2.75, 3.05) is 12.4 Å². The highest BCUT2D eigenvalue weighted by atomic mass is 32.2. The van der Waals surface area contributed by atoms with Crippen LogP contribution in [0.25, 0.3) is 0 Å². The fourth-order valence-corrected chi connectivity index (χ4v) is 4.14. The molecule has 26 heavy (non-hydrogen) atoms. The van der Waals surface area contributed by atoms with Gasteiger partial charge in [0.2, 0.25) is 0 Å². The number of sulfone groups is 1. The molecule has 9 heteroatoms. The summed E-state index contributed by atoms with van der Waals surface area (Å²) >= 11 is 1.18. The van der Waals surface area contributed by atoms with Crippen molar-refractivity contribution in [1.82, 2.24) is 4.98 Å². The van der Waals surface area contributed by atoms with Gasteiger partial charge in [0.05, 0.1) is 23.1 Å². The van der Waals surface area contributed by atoms with Gasteiger partial charge in [-0.3, -0.25) is 9.59 Å². The smallest absolute Gasteiger partial charge is 0.307 e. The number of Topliss-reactive ketones (excluding diaryl/α,β-unsaturated/α-hetero) is 1. The standard InChI is InChI=1S/C17H16N2O5S2/c1-12-11-25-17(19-12)14(9-18)15(20)10-24-16(21)7-8-26(22,23)13-5-3-2-4-6-13/h2-6,11,14H,7-8,10H2,1H3. The van der Waals surface area contributed by atoms with E-state index < -0.39 is 39.9 Å². The molecule has 7 nitrogen and oxygen atoms in total. The Balaban J connectivity index is 1.86. The maximum absolute atomic E-state index is 12.1. The number of ether oxygens (including phenoxy) is 1. The number of nitrogens with zero attached hydrogens (tertiary/aromatic N) is 2. The van der Waals surface area contributed by atoms with Crippen LogP contribution in [0.1, 0.15) is 23.0 Å². The molecule has 0 radical (unpaired) electrons. The summed E-state index contributed by atoms with van der Waals surface area (Å²) in [4.78, 5) is 28.0. The number of aryl methyl sites for hydroxylation is 1. The molecule has 0 bridgehead atoms. The zero-order chi connectivity index (χ0) is 19.2. The Morgan fingerprint density at radius 3 is 2.58 bits per heavy atom. The summed E-state index contributed by atoms with van der Waals surface area (Å²) in [6.07, 6.45) is -0.377. The molecule has 2 rings (SSSR count). The molecule has 136 valence electrons. The van der Waals surface area contributed by atoms with Crippen molar-refractivity contribution in [2.24, 2.45) is 0 Å². The Morgan fingerprint density at radius 1 is 1.31 bits per heavy atom. The molecule has 1 heterocycles. The molecule has 1 unspecified atom stereocenters. The van der Waals surface area contributed by atoms with Crippen LogP contribution < -0.4 is 0 Å². The first-order valence-corrected chi connectivity index (χ1v) is 10.1. The third kappa shape index (κ3) is 5.21. The van der Waals surface area contributed by atoms with Crippen molar-refractivity contribution in [3.8, 4) is 6.07 Å². The van der Waals surface area contributed by atoms with E-state index in [0.717, 1.165) is 0 Å². The van der Waals surface area contributed by atoms with E-state index in [0.29, 0.717) is 10.7 Å². The molecule has 0 saturated carbocycles. The van der Waals surface area contributed by atoms with Crippen molar-refractivity contribution in [3.63, 3.8) is 0 Å². The van der Waals surface area contributed by atoms with Gasteiger partial charge in [-0.2, -0.15) is 5.26 Å². The van der Waals surface area contributed by atoms with Crippen LogP contribution in [0, 0.1) is 18.3 Å². The number of thiazole rings is 1. The Kier molecular flexibility index (Phi) is 6.60. The SMILES string of the molecule is Cc1csc(C(C#N)C(=O)COC(=O)CCS(=O)(=O)c2ccccc2)n1. The highest BCUT2D eigenvalue weighted by molar-refractivity contribution is 7.91. The number of ketones is 1. The predicted octanol–water partition coefficient (Wildman–Crippen LogP) is 2.04. The van der Waals surface area contributed by atoms with Crippen LogP contribution in [0.3, 0.4) is 0 Å². The largest absolute Gasteiger partial charge is 0.458 e. The van der Waals surface area contributed by atoms with Crippen LogP contribution in [0.2, 0.25) is 0 Å². The van der Waals surface area contributed by atoms with Crippen molar-refractivity contribution in [3.05, 3.63) is 46.4 Å². The molecule has 0 fully saturated rings. The van der Waals surface area contributed by atoms with E-state index in [1.54, 1.807) is 30.5 Å². The zero-order valence-electron chi connectivity index (χ0n) is 13.9. The molecular formula is C17H16N2O5S2. The van der Waals surface area contributed by atoms with Gasteiger partial charge in [-0.15, -0.1) is 11.3 Å². The summed E-state index contributed by atoms with van der Waals surface area (Å²) in [7, 11) is -3.60. The fraction of sp³-hybridized carbons (Fsp3) is 0.294. The van der Waals surface area contributed by atoms with E-state index in [9.17, 15) is 18.0 Å². The topological polar surface area (TPSA) is 114 Å². The number of esters is 1. The second-order valence-corrected chi connectivity index (χ2v) is 8.40. The number of rotatable bonds is 8. The molecule has 0 N–H and O–H groups in total. The van der Waals surface area contributed by atoms with E-state index in [1.807, 2.05) is 6.07 Å². The van der Waals surface area contributed by atoms with Crippen molar-refractivity contribution in [2.45, 2.75) is 24.2 Å². The van der Waals surface area contributed by atoms with E-state index in [2.05, 4.69) is 4.98 Å². The van der Waals surface area contributed by atoms with E-state index >= 15 is 0 Å². The quantitative estimate of drug-likeness (QED) is 0.631. The minimum Gasteiger partial charge on any atom is -0.458 e. The molecule has 0 aliphatic carbocycles. The monoisotopic (exact) mass is 392 g/mol.